The van der Waals surface area contributed by atoms with Gasteiger partial charge in [0.25, 0.3) is 0 Å². The lowest BCUT2D eigenvalue weighted by molar-refractivity contribution is 0.0970. The second kappa shape index (κ2) is 5.28. The van der Waals surface area contributed by atoms with Gasteiger partial charge in [-0.2, -0.15) is 5.10 Å². The predicted molar refractivity (Wildman–Crippen MR) is 63.3 cm³/mol. The van der Waals surface area contributed by atoms with Crippen LogP contribution in [0.15, 0.2) is 12.4 Å². The minimum Gasteiger partial charge on any atom is -0.294 e. The number of hydrogen-bond donors (Lipinski definition) is 0. The fraction of sp³-hybridized carbons (Fsp3) is 0.692. The van der Waals surface area contributed by atoms with Crippen molar-refractivity contribution in [3.8, 4) is 0 Å². The maximum atomic E-state index is 11.8. The number of Topliss-reactive ketones (excluding diaryl/α,β-unsaturated/α-hetero) is 1. The lowest BCUT2D eigenvalue weighted by atomic mass is 9.85. The van der Waals surface area contributed by atoms with Gasteiger partial charge in [-0.15, -0.1) is 0 Å². The van der Waals surface area contributed by atoms with Crippen LogP contribution in [-0.4, -0.2) is 15.6 Å². The molecule has 0 N–H and O–H groups in total. The highest BCUT2D eigenvalue weighted by Gasteiger charge is 2.15. The summed E-state index contributed by atoms with van der Waals surface area (Å²) in [7, 11) is 1.85. The highest BCUT2D eigenvalue weighted by molar-refractivity contribution is 5.95. The lowest BCUT2D eigenvalue weighted by Gasteiger charge is -2.20. The van der Waals surface area contributed by atoms with Crippen LogP contribution in [0.2, 0.25) is 0 Å². The van der Waals surface area contributed by atoms with Crippen molar-refractivity contribution >= 4 is 5.78 Å². The molecule has 1 aliphatic carbocycles. The van der Waals surface area contributed by atoms with Crippen LogP contribution in [0.1, 0.15) is 55.3 Å². The normalized spacial score (nSPS) is 17.6. The van der Waals surface area contributed by atoms with Gasteiger partial charge in [-0.25, -0.2) is 0 Å². The zero-order chi connectivity index (χ0) is 11.4. The molecular weight excluding hydrogens is 200 g/mol. The zero-order valence-electron chi connectivity index (χ0n) is 9.98. The standard InChI is InChI=1S/C13H20N2O/c1-15-10-12(9-14-15)13(16)8-7-11-5-3-2-4-6-11/h9-11H,2-8H2,1H3. The van der Waals surface area contributed by atoms with E-state index in [1.54, 1.807) is 10.9 Å². The average molecular weight is 220 g/mol. The molecular formula is C13H20N2O. The summed E-state index contributed by atoms with van der Waals surface area (Å²) in [6.07, 6.45) is 12.0. The van der Waals surface area contributed by atoms with Crippen LogP contribution >= 0.6 is 0 Å². The molecule has 0 radical (unpaired) electrons. The van der Waals surface area contributed by atoms with Crippen molar-refractivity contribution in [2.75, 3.05) is 0 Å². The number of aromatic nitrogens is 2. The minimum atomic E-state index is 0.249. The molecule has 0 bridgehead atoms. The molecule has 88 valence electrons. The van der Waals surface area contributed by atoms with E-state index in [-0.39, 0.29) is 5.78 Å². The highest BCUT2D eigenvalue weighted by Crippen LogP contribution is 2.27. The fourth-order valence-electron chi connectivity index (χ4n) is 2.52. The smallest absolute Gasteiger partial charge is 0.166 e. The number of carbonyl (C=O) groups excluding carboxylic acids is 1. The van der Waals surface area contributed by atoms with Crippen molar-refractivity contribution in [1.82, 2.24) is 9.78 Å². The first kappa shape index (κ1) is 11.4. The molecule has 0 amide bonds. The molecule has 3 heteroatoms. The Hall–Kier alpha value is -1.12. The number of carbonyl (C=O) groups is 1. The van der Waals surface area contributed by atoms with Gasteiger partial charge in [0.15, 0.2) is 5.78 Å². The van der Waals surface area contributed by atoms with E-state index in [0.717, 1.165) is 17.9 Å². The largest absolute Gasteiger partial charge is 0.294 e. The highest BCUT2D eigenvalue weighted by atomic mass is 16.1. The molecule has 0 aliphatic heterocycles. The summed E-state index contributed by atoms with van der Waals surface area (Å²) in [4.78, 5) is 11.8. The molecule has 1 aromatic rings. The van der Waals surface area contributed by atoms with Crippen molar-refractivity contribution in [2.45, 2.75) is 44.9 Å². The maximum absolute atomic E-state index is 11.8. The third-order valence-corrected chi connectivity index (χ3v) is 3.53. The van der Waals surface area contributed by atoms with E-state index in [0.29, 0.717) is 6.42 Å². The molecule has 0 unspecified atom stereocenters. The van der Waals surface area contributed by atoms with Crippen LogP contribution in [-0.2, 0) is 7.05 Å². The van der Waals surface area contributed by atoms with Gasteiger partial charge in [0.2, 0.25) is 0 Å². The topological polar surface area (TPSA) is 34.9 Å². The molecule has 0 aromatic carbocycles. The molecule has 1 aliphatic rings. The number of ketones is 1. The Labute approximate surface area is 96.8 Å². The number of rotatable bonds is 4. The monoisotopic (exact) mass is 220 g/mol. The maximum Gasteiger partial charge on any atom is 0.166 e. The number of nitrogens with zero attached hydrogens (tertiary/aromatic N) is 2. The molecule has 1 aromatic heterocycles. The molecule has 1 saturated carbocycles. The first-order valence-electron chi connectivity index (χ1n) is 6.27. The van der Waals surface area contributed by atoms with Crippen LogP contribution in [0.3, 0.4) is 0 Å². The van der Waals surface area contributed by atoms with Crippen molar-refractivity contribution in [2.24, 2.45) is 13.0 Å². The van der Waals surface area contributed by atoms with E-state index < -0.39 is 0 Å². The molecule has 0 atom stereocenters. The molecule has 2 rings (SSSR count). The van der Waals surface area contributed by atoms with Gasteiger partial charge in [-0.3, -0.25) is 9.48 Å². The van der Waals surface area contributed by atoms with Crippen molar-refractivity contribution in [3.05, 3.63) is 18.0 Å². The molecule has 16 heavy (non-hydrogen) atoms. The van der Waals surface area contributed by atoms with E-state index in [4.69, 9.17) is 0 Å². The molecule has 0 saturated heterocycles. The molecule has 1 fully saturated rings. The summed E-state index contributed by atoms with van der Waals surface area (Å²) in [5, 5.41) is 4.03. The Kier molecular flexibility index (Phi) is 3.75. The Balaban J connectivity index is 1.79. The first-order chi connectivity index (χ1) is 7.75. The van der Waals surface area contributed by atoms with E-state index in [2.05, 4.69) is 5.10 Å². The second-order valence-corrected chi connectivity index (χ2v) is 4.87. The average Bonchev–Trinajstić information content (AvgIpc) is 2.74. The summed E-state index contributed by atoms with van der Waals surface area (Å²) in [5.41, 5.74) is 0.762. The van der Waals surface area contributed by atoms with Gasteiger partial charge in [0.05, 0.1) is 11.8 Å². The molecule has 1 heterocycles. The van der Waals surface area contributed by atoms with Crippen molar-refractivity contribution in [1.29, 1.82) is 0 Å². The van der Waals surface area contributed by atoms with Gasteiger partial charge in [0, 0.05) is 19.7 Å². The summed E-state index contributed by atoms with van der Waals surface area (Å²) in [6, 6.07) is 0. The lowest BCUT2D eigenvalue weighted by Crippen LogP contribution is -2.08. The summed E-state index contributed by atoms with van der Waals surface area (Å²) < 4.78 is 1.69. The van der Waals surface area contributed by atoms with Gasteiger partial charge < -0.3 is 0 Å². The first-order valence-corrected chi connectivity index (χ1v) is 6.27. The minimum absolute atomic E-state index is 0.249. The molecule has 3 nitrogen and oxygen atoms in total. The Morgan fingerprint density at radius 2 is 2.19 bits per heavy atom. The van der Waals surface area contributed by atoms with Gasteiger partial charge >= 0.3 is 0 Å². The van der Waals surface area contributed by atoms with E-state index in [9.17, 15) is 4.79 Å². The second-order valence-electron chi connectivity index (χ2n) is 4.87. The number of aryl methyl sites for hydroxylation is 1. The van der Waals surface area contributed by atoms with Crippen LogP contribution in [0.25, 0.3) is 0 Å². The Bertz CT molecular complexity index is 351. The summed E-state index contributed by atoms with van der Waals surface area (Å²) in [5.74, 6) is 1.04. The van der Waals surface area contributed by atoms with Crippen LogP contribution < -0.4 is 0 Å². The van der Waals surface area contributed by atoms with Crippen LogP contribution in [0.5, 0.6) is 0 Å². The van der Waals surface area contributed by atoms with Crippen LogP contribution in [0, 0.1) is 5.92 Å². The Morgan fingerprint density at radius 1 is 1.44 bits per heavy atom. The van der Waals surface area contributed by atoms with Gasteiger partial charge in [0.1, 0.15) is 0 Å². The van der Waals surface area contributed by atoms with Crippen LogP contribution in [0.4, 0.5) is 0 Å². The van der Waals surface area contributed by atoms with Crippen molar-refractivity contribution < 1.29 is 4.79 Å². The van der Waals surface area contributed by atoms with Gasteiger partial charge in [-0.05, 0) is 12.3 Å². The quantitative estimate of drug-likeness (QED) is 0.731. The number of hydrogen-bond acceptors (Lipinski definition) is 2. The molecule has 0 spiro atoms. The van der Waals surface area contributed by atoms with Gasteiger partial charge in [-0.1, -0.05) is 32.1 Å². The predicted octanol–water partition coefficient (Wildman–Crippen LogP) is 2.96. The van der Waals surface area contributed by atoms with E-state index >= 15 is 0 Å². The third-order valence-electron chi connectivity index (χ3n) is 3.53. The van der Waals surface area contributed by atoms with Crippen molar-refractivity contribution in [3.63, 3.8) is 0 Å². The zero-order valence-corrected chi connectivity index (χ0v) is 9.98. The SMILES string of the molecule is Cn1cc(C(=O)CCC2CCCCC2)cn1. The Morgan fingerprint density at radius 3 is 2.81 bits per heavy atom. The summed E-state index contributed by atoms with van der Waals surface area (Å²) >= 11 is 0. The fourth-order valence-corrected chi connectivity index (χ4v) is 2.52. The van der Waals surface area contributed by atoms with E-state index in [1.807, 2.05) is 13.2 Å². The third kappa shape index (κ3) is 2.94. The summed E-state index contributed by atoms with van der Waals surface area (Å²) in [6.45, 7) is 0. The van der Waals surface area contributed by atoms with E-state index in [1.165, 1.54) is 32.1 Å².